The Balaban J connectivity index is 1.84. The lowest BCUT2D eigenvalue weighted by molar-refractivity contribution is 0.0941. The lowest BCUT2D eigenvalue weighted by atomic mass is 9.98. The normalized spacial score (nSPS) is 15.5. The second kappa shape index (κ2) is 8.07. The molecule has 1 unspecified atom stereocenters. The highest BCUT2D eigenvalue weighted by molar-refractivity contribution is 5.94. The van der Waals surface area contributed by atoms with E-state index in [1.807, 2.05) is 0 Å². The van der Waals surface area contributed by atoms with E-state index in [-0.39, 0.29) is 24.8 Å². The van der Waals surface area contributed by atoms with Crippen LogP contribution in [0.25, 0.3) is 0 Å². The zero-order valence-electron chi connectivity index (χ0n) is 14.8. The third kappa shape index (κ3) is 4.11. The van der Waals surface area contributed by atoms with Crippen LogP contribution in [0.2, 0.25) is 0 Å². The maximum Gasteiger partial charge on any atom is 0.404 e. The predicted octanol–water partition coefficient (Wildman–Crippen LogP) is 1.16. The summed E-state index contributed by atoms with van der Waals surface area (Å²) in [6.45, 7) is 0.432. The summed E-state index contributed by atoms with van der Waals surface area (Å²) in [5.41, 5.74) is -0.523. The van der Waals surface area contributed by atoms with E-state index in [1.165, 1.54) is 28.8 Å². The third-order valence-electron chi connectivity index (χ3n) is 4.56. The maximum absolute atomic E-state index is 12.9. The first kappa shape index (κ1) is 19.3. The molecule has 10 heteroatoms. The molecule has 0 spiro atoms. The van der Waals surface area contributed by atoms with Crippen molar-refractivity contribution < 1.29 is 24.2 Å². The van der Waals surface area contributed by atoms with Crippen molar-refractivity contribution in [3.8, 4) is 5.75 Å². The molecule has 1 aliphatic rings. The van der Waals surface area contributed by atoms with Crippen LogP contribution in [0.3, 0.4) is 0 Å². The molecule has 1 atom stereocenters. The Morgan fingerprint density at radius 1 is 1.25 bits per heavy atom. The van der Waals surface area contributed by atoms with Gasteiger partial charge in [-0.1, -0.05) is 12.1 Å². The molecule has 0 fully saturated rings. The molecule has 9 nitrogen and oxygen atoms in total. The number of nitrogens with zero attached hydrogens (tertiary/aromatic N) is 2. The van der Waals surface area contributed by atoms with Crippen molar-refractivity contribution in [2.24, 2.45) is 0 Å². The maximum atomic E-state index is 12.9. The summed E-state index contributed by atoms with van der Waals surface area (Å²) in [7, 11) is 0. The second-order valence-electron chi connectivity index (χ2n) is 6.46. The van der Waals surface area contributed by atoms with E-state index < -0.39 is 34.8 Å². The Morgan fingerprint density at radius 2 is 1.96 bits per heavy atom. The number of rotatable bonds is 5. The molecule has 3 rings (SSSR count). The summed E-state index contributed by atoms with van der Waals surface area (Å²) >= 11 is 0. The molecule has 0 bridgehead atoms. The van der Waals surface area contributed by atoms with Crippen LogP contribution in [0, 0.1) is 5.82 Å². The molecule has 2 amide bonds. The lowest BCUT2D eigenvalue weighted by Crippen LogP contribution is -2.37. The van der Waals surface area contributed by atoms with Gasteiger partial charge in [-0.2, -0.15) is 0 Å². The first-order valence-corrected chi connectivity index (χ1v) is 8.70. The molecular formula is C18H19FN4O5. The van der Waals surface area contributed by atoms with Crippen LogP contribution in [0.1, 0.15) is 40.6 Å². The molecule has 2 aromatic rings. The summed E-state index contributed by atoms with van der Waals surface area (Å²) in [6, 6.07) is 5.50. The van der Waals surface area contributed by atoms with Crippen molar-refractivity contribution in [3.63, 3.8) is 0 Å². The number of benzene rings is 1. The molecular weight excluding hydrogens is 371 g/mol. The van der Waals surface area contributed by atoms with Gasteiger partial charge in [-0.25, -0.2) is 14.2 Å². The minimum atomic E-state index is -1.20. The number of nitrogens with one attached hydrogen (secondary N) is 2. The topological polar surface area (TPSA) is 134 Å². The van der Waals surface area contributed by atoms with E-state index in [2.05, 4.69) is 15.6 Å². The van der Waals surface area contributed by atoms with Gasteiger partial charge < -0.3 is 20.8 Å². The van der Waals surface area contributed by atoms with Crippen LogP contribution in [0.5, 0.6) is 5.75 Å². The molecule has 2 heterocycles. The van der Waals surface area contributed by atoms with Crippen LogP contribution < -0.4 is 16.2 Å². The molecule has 0 aliphatic carbocycles. The summed E-state index contributed by atoms with van der Waals surface area (Å²) in [5.74, 6) is -2.04. The number of aromatic nitrogens is 2. The fourth-order valence-electron chi connectivity index (χ4n) is 3.14. The Labute approximate surface area is 158 Å². The van der Waals surface area contributed by atoms with Gasteiger partial charge in [-0.05, 0) is 30.5 Å². The van der Waals surface area contributed by atoms with Gasteiger partial charge in [-0.15, -0.1) is 0 Å². The van der Waals surface area contributed by atoms with Gasteiger partial charge in [0.05, 0.1) is 0 Å². The zero-order valence-corrected chi connectivity index (χ0v) is 14.8. The van der Waals surface area contributed by atoms with E-state index in [1.54, 1.807) is 0 Å². The highest BCUT2D eigenvalue weighted by Crippen LogP contribution is 2.25. The fourth-order valence-corrected chi connectivity index (χ4v) is 3.14. The van der Waals surface area contributed by atoms with Gasteiger partial charge in [-0.3, -0.25) is 14.2 Å². The number of carbonyl (C=O) groups is 2. The summed E-state index contributed by atoms with van der Waals surface area (Å²) in [5, 5.41) is 23.7. The summed E-state index contributed by atoms with van der Waals surface area (Å²) in [6.07, 6.45) is 0.0139. The summed E-state index contributed by atoms with van der Waals surface area (Å²) in [4.78, 5) is 39.8. The van der Waals surface area contributed by atoms with Crippen molar-refractivity contribution in [1.29, 1.82) is 0 Å². The predicted molar refractivity (Wildman–Crippen MR) is 95.7 cm³/mol. The minimum Gasteiger partial charge on any atom is -0.501 e. The van der Waals surface area contributed by atoms with E-state index in [4.69, 9.17) is 5.11 Å². The highest BCUT2D eigenvalue weighted by atomic mass is 19.1. The van der Waals surface area contributed by atoms with Crippen LogP contribution >= 0.6 is 0 Å². The van der Waals surface area contributed by atoms with Crippen LogP contribution in [-0.2, 0) is 13.1 Å². The average molecular weight is 390 g/mol. The number of amides is 2. The van der Waals surface area contributed by atoms with E-state index in [9.17, 15) is 23.9 Å². The number of hydrogen-bond acceptors (Lipinski definition) is 5. The van der Waals surface area contributed by atoms with Gasteiger partial charge in [0.15, 0.2) is 5.69 Å². The molecule has 0 saturated heterocycles. The second-order valence-corrected chi connectivity index (χ2v) is 6.46. The highest BCUT2D eigenvalue weighted by Gasteiger charge is 2.28. The van der Waals surface area contributed by atoms with E-state index >= 15 is 0 Å². The Morgan fingerprint density at radius 3 is 2.64 bits per heavy atom. The van der Waals surface area contributed by atoms with Gasteiger partial charge in [0.25, 0.3) is 11.5 Å². The monoisotopic (exact) mass is 390 g/mol. The first-order valence-electron chi connectivity index (χ1n) is 8.70. The quantitative estimate of drug-likeness (QED) is 0.605. The average Bonchev–Trinajstić information content (AvgIpc) is 2.68. The van der Waals surface area contributed by atoms with Crippen LogP contribution in [-0.4, -0.2) is 38.3 Å². The smallest absolute Gasteiger partial charge is 0.404 e. The van der Waals surface area contributed by atoms with Gasteiger partial charge in [0.1, 0.15) is 11.6 Å². The number of aromatic hydroxyl groups is 1. The van der Waals surface area contributed by atoms with Crippen LogP contribution in [0.4, 0.5) is 9.18 Å². The van der Waals surface area contributed by atoms with Crippen molar-refractivity contribution in [2.45, 2.75) is 31.8 Å². The Bertz CT molecular complexity index is 958. The zero-order chi connectivity index (χ0) is 20.3. The minimum absolute atomic E-state index is 0.0448. The van der Waals surface area contributed by atoms with Gasteiger partial charge in [0, 0.05) is 25.6 Å². The lowest BCUT2D eigenvalue weighted by Gasteiger charge is -2.26. The van der Waals surface area contributed by atoms with Crippen molar-refractivity contribution in [1.82, 2.24) is 20.2 Å². The number of carbonyl (C=O) groups excluding carboxylic acids is 1. The number of halogens is 1. The molecule has 4 N–H and O–H groups in total. The van der Waals surface area contributed by atoms with E-state index in [0.717, 1.165) is 0 Å². The largest absolute Gasteiger partial charge is 0.501 e. The van der Waals surface area contributed by atoms with Gasteiger partial charge in [0.2, 0.25) is 5.75 Å². The number of fused-ring (bicyclic) bond motifs is 1. The molecule has 0 radical (unpaired) electrons. The van der Waals surface area contributed by atoms with E-state index in [0.29, 0.717) is 24.9 Å². The van der Waals surface area contributed by atoms with Crippen molar-refractivity contribution >= 4 is 12.0 Å². The number of carboxylic acid groups (broad SMARTS) is 1. The molecule has 1 aromatic carbocycles. The first-order chi connectivity index (χ1) is 13.4. The summed E-state index contributed by atoms with van der Waals surface area (Å²) < 4.78 is 14.2. The Kier molecular flexibility index (Phi) is 5.57. The molecule has 148 valence electrons. The van der Waals surface area contributed by atoms with Crippen LogP contribution in [0.15, 0.2) is 29.1 Å². The molecule has 1 aromatic heterocycles. The third-order valence-corrected chi connectivity index (χ3v) is 4.56. The molecule has 0 saturated carbocycles. The standard InChI is InChI=1S/C18H19FN4O5/c19-12-5-3-10(4-6-12)8-20-16(25)13-14(24)17(26)23-7-1-2-11(15(23)22-13)9-21-18(27)28/h3-6,11,21,24H,1-2,7-9H2,(H,20,25)(H,27,28). The van der Waals surface area contributed by atoms with Gasteiger partial charge >= 0.3 is 6.09 Å². The van der Waals surface area contributed by atoms with Crippen molar-refractivity contribution in [3.05, 3.63) is 57.5 Å². The molecule has 28 heavy (non-hydrogen) atoms. The van der Waals surface area contributed by atoms with Crippen molar-refractivity contribution in [2.75, 3.05) is 6.54 Å². The number of hydrogen-bond donors (Lipinski definition) is 4. The fraction of sp³-hybridized carbons (Fsp3) is 0.333. The molecule has 1 aliphatic heterocycles. The Hall–Kier alpha value is -3.43. The SMILES string of the molecule is O=C(O)NCC1CCCn2c1nc(C(=O)NCc1ccc(F)cc1)c(O)c2=O.